The van der Waals surface area contributed by atoms with Crippen LogP contribution in [-0.2, 0) is 17.6 Å². The maximum absolute atomic E-state index is 13.4. The van der Waals surface area contributed by atoms with Crippen LogP contribution in [0.15, 0.2) is 22.7 Å². The zero-order valence-corrected chi connectivity index (χ0v) is 17.2. The molecule has 30 heavy (non-hydrogen) atoms. The number of rotatable bonds is 7. The summed E-state index contributed by atoms with van der Waals surface area (Å²) in [6, 6.07) is 4.10. The van der Waals surface area contributed by atoms with Gasteiger partial charge in [-0.15, -0.1) is 0 Å². The van der Waals surface area contributed by atoms with Crippen molar-refractivity contribution in [1.29, 1.82) is 0 Å². The quantitative estimate of drug-likeness (QED) is 0.714. The van der Waals surface area contributed by atoms with Gasteiger partial charge in [-0.05, 0) is 56.1 Å². The Morgan fingerprint density at radius 1 is 1.23 bits per heavy atom. The van der Waals surface area contributed by atoms with Crippen LogP contribution in [0.2, 0.25) is 5.02 Å². The third-order valence-electron chi connectivity index (χ3n) is 6.55. The summed E-state index contributed by atoms with van der Waals surface area (Å²) in [6.45, 7) is -0.104. The number of amides is 1. The molecule has 3 fully saturated rings. The molecule has 1 aromatic carbocycles. The number of hydrogen-bond acceptors (Lipinski definition) is 5. The molecule has 8 heteroatoms. The minimum Gasteiger partial charge on any atom is -0.486 e. The molecule has 2 aromatic rings. The van der Waals surface area contributed by atoms with Gasteiger partial charge in [0.05, 0.1) is 5.02 Å². The van der Waals surface area contributed by atoms with Crippen LogP contribution < -0.4 is 10.1 Å². The fourth-order valence-electron chi connectivity index (χ4n) is 5.38. The summed E-state index contributed by atoms with van der Waals surface area (Å²) in [5, 5.41) is 7.13. The molecule has 2 bridgehead atoms. The molecule has 3 saturated carbocycles. The third kappa shape index (κ3) is 3.39. The van der Waals surface area contributed by atoms with E-state index in [1.54, 1.807) is 0 Å². The zero-order chi connectivity index (χ0) is 20.9. The molecule has 0 radical (unpaired) electrons. The summed E-state index contributed by atoms with van der Waals surface area (Å²) >= 11 is 5.64. The lowest BCUT2D eigenvalue weighted by Gasteiger charge is -2.70. The lowest BCUT2D eigenvalue weighted by Crippen LogP contribution is -2.75. The summed E-state index contributed by atoms with van der Waals surface area (Å²) in [5.74, 6) is 0.339. The normalized spacial score (nSPS) is 26.2. The van der Waals surface area contributed by atoms with Crippen molar-refractivity contribution in [3.63, 3.8) is 0 Å². The van der Waals surface area contributed by atoms with Gasteiger partial charge in [-0.1, -0.05) is 16.8 Å². The smallest absolute Gasteiger partial charge is 0.274 e. The van der Waals surface area contributed by atoms with Gasteiger partial charge in [0.25, 0.3) is 5.91 Å². The topological polar surface area (TPSA) is 81.4 Å². The van der Waals surface area contributed by atoms with Crippen LogP contribution in [0.4, 0.5) is 4.39 Å². The van der Waals surface area contributed by atoms with E-state index in [4.69, 9.17) is 20.9 Å². The van der Waals surface area contributed by atoms with Crippen molar-refractivity contribution in [3.8, 4) is 5.75 Å². The van der Waals surface area contributed by atoms with Crippen molar-refractivity contribution < 1.29 is 23.2 Å². The van der Waals surface area contributed by atoms with E-state index in [0.29, 0.717) is 12.1 Å². The minimum absolute atomic E-state index is 0.0148. The number of carbonyl (C=O) groups excluding carboxylic acids is 2. The molecule has 0 atom stereocenters. The highest BCUT2D eigenvalue weighted by Gasteiger charge is 2.68. The number of Topliss-reactive ketones (excluding diaryl/α,β-unsaturated/α-hetero) is 1. The van der Waals surface area contributed by atoms with Crippen LogP contribution in [-0.4, -0.2) is 29.0 Å². The molecule has 6 rings (SSSR count). The van der Waals surface area contributed by atoms with Gasteiger partial charge >= 0.3 is 0 Å². The van der Waals surface area contributed by atoms with Crippen molar-refractivity contribution in [2.45, 2.75) is 56.9 Å². The van der Waals surface area contributed by atoms with Gasteiger partial charge in [0.15, 0.2) is 11.5 Å². The van der Waals surface area contributed by atoms with E-state index in [2.05, 4.69) is 10.5 Å². The maximum atomic E-state index is 13.4. The molecule has 0 unspecified atom stereocenters. The Morgan fingerprint density at radius 2 is 2.00 bits per heavy atom. The van der Waals surface area contributed by atoms with Crippen molar-refractivity contribution in [1.82, 2.24) is 10.5 Å². The summed E-state index contributed by atoms with van der Waals surface area (Å²) in [6.07, 6.45) is 6.56. The van der Waals surface area contributed by atoms with E-state index in [1.807, 2.05) is 0 Å². The van der Waals surface area contributed by atoms with E-state index in [-0.39, 0.29) is 40.0 Å². The van der Waals surface area contributed by atoms with Crippen molar-refractivity contribution in [2.24, 2.45) is 5.41 Å². The predicted molar refractivity (Wildman–Crippen MR) is 106 cm³/mol. The Bertz CT molecular complexity index is 1010. The molecular weight excluding hydrogens is 411 g/mol. The van der Waals surface area contributed by atoms with Gasteiger partial charge in [-0.3, -0.25) is 9.59 Å². The number of fused-ring (bicyclic) bond motifs is 1. The SMILES string of the molecule is O=C(COc1ccc(Cl)c(F)c1)CC12CC(NC(=O)c3noc4c3CCCC4)(C1)C2. The number of nitrogens with zero attached hydrogens (tertiary/aromatic N) is 1. The number of carbonyl (C=O) groups is 2. The van der Waals surface area contributed by atoms with Gasteiger partial charge in [0.1, 0.15) is 23.9 Å². The average Bonchev–Trinajstić information content (AvgIpc) is 3.10. The number of nitrogens with one attached hydrogen (secondary N) is 1. The molecule has 158 valence electrons. The Kier molecular flexibility index (Phi) is 4.61. The second-order valence-corrected chi connectivity index (χ2v) is 9.39. The predicted octanol–water partition coefficient (Wildman–Crippen LogP) is 4.04. The third-order valence-corrected chi connectivity index (χ3v) is 6.85. The van der Waals surface area contributed by atoms with Crippen LogP contribution in [0.3, 0.4) is 0 Å². The molecule has 6 nitrogen and oxygen atoms in total. The van der Waals surface area contributed by atoms with E-state index < -0.39 is 5.82 Å². The van der Waals surface area contributed by atoms with Crippen molar-refractivity contribution in [3.05, 3.63) is 46.1 Å². The number of halogens is 2. The second-order valence-electron chi connectivity index (χ2n) is 8.98. The van der Waals surface area contributed by atoms with Gasteiger partial charge in [0, 0.05) is 30.0 Å². The molecule has 1 N–H and O–H groups in total. The second kappa shape index (κ2) is 7.08. The zero-order valence-electron chi connectivity index (χ0n) is 16.4. The highest BCUT2D eigenvalue weighted by Crippen LogP contribution is 2.69. The highest BCUT2D eigenvalue weighted by molar-refractivity contribution is 6.30. The molecule has 0 aliphatic heterocycles. The fraction of sp³-hybridized carbons (Fsp3) is 0.500. The van der Waals surface area contributed by atoms with Gasteiger partial charge in [-0.25, -0.2) is 4.39 Å². The monoisotopic (exact) mass is 432 g/mol. The average molecular weight is 433 g/mol. The van der Waals surface area contributed by atoms with E-state index in [0.717, 1.165) is 56.3 Å². The van der Waals surface area contributed by atoms with Crippen LogP contribution in [0, 0.1) is 11.2 Å². The van der Waals surface area contributed by atoms with Crippen LogP contribution in [0.1, 0.15) is 60.3 Å². The summed E-state index contributed by atoms with van der Waals surface area (Å²) in [4.78, 5) is 25.0. The highest BCUT2D eigenvalue weighted by atomic mass is 35.5. The summed E-state index contributed by atoms with van der Waals surface area (Å²) in [7, 11) is 0. The van der Waals surface area contributed by atoms with Crippen LogP contribution in [0.25, 0.3) is 0 Å². The van der Waals surface area contributed by atoms with E-state index in [9.17, 15) is 14.0 Å². The number of hydrogen-bond donors (Lipinski definition) is 1. The fourth-order valence-corrected chi connectivity index (χ4v) is 5.50. The molecule has 0 spiro atoms. The van der Waals surface area contributed by atoms with Crippen molar-refractivity contribution >= 4 is 23.3 Å². The number of benzene rings is 1. The number of ketones is 1. The molecule has 1 heterocycles. The number of ether oxygens (including phenoxy) is 1. The Labute approximate surface area is 178 Å². The lowest BCUT2D eigenvalue weighted by atomic mass is 9.38. The first-order valence-corrected chi connectivity index (χ1v) is 10.6. The summed E-state index contributed by atoms with van der Waals surface area (Å²) < 4.78 is 24.2. The number of aryl methyl sites for hydroxylation is 1. The standard InChI is InChI=1S/C22H22ClFN2O4/c23-16-6-5-14(7-17(16)24)29-9-13(27)8-21-10-22(11-21,12-21)25-20(28)19-15-3-1-2-4-18(15)30-26-19/h5-7H,1-4,8-12H2,(H,25,28). The summed E-state index contributed by atoms with van der Waals surface area (Å²) in [5.41, 5.74) is 1.09. The molecule has 1 amide bonds. The van der Waals surface area contributed by atoms with E-state index >= 15 is 0 Å². The molecular formula is C22H22ClFN2O4. The van der Waals surface area contributed by atoms with E-state index in [1.165, 1.54) is 18.2 Å². The van der Waals surface area contributed by atoms with Gasteiger partial charge < -0.3 is 14.6 Å². The Morgan fingerprint density at radius 3 is 2.77 bits per heavy atom. The van der Waals surface area contributed by atoms with Gasteiger partial charge in [-0.2, -0.15) is 0 Å². The molecule has 1 aromatic heterocycles. The largest absolute Gasteiger partial charge is 0.486 e. The first-order chi connectivity index (χ1) is 14.4. The first-order valence-electron chi connectivity index (χ1n) is 10.3. The van der Waals surface area contributed by atoms with Crippen molar-refractivity contribution in [2.75, 3.05) is 6.61 Å². The molecule has 4 aliphatic carbocycles. The Balaban J connectivity index is 1.11. The minimum atomic E-state index is -0.577. The lowest BCUT2D eigenvalue weighted by molar-refractivity contribution is -0.162. The Hall–Kier alpha value is -2.41. The number of aromatic nitrogens is 1. The molecule has 0 saturated heterocycles. The van der Waals surface area contributed by atoms with Crippen LogP contribution >= 0.6 is 11.6 Å². The van der Waals surface area contributed by atoms with Gasteiger partial charge in [0.2, 0.25) is 0 Å². The first kappa shape index (κ1) is 19.5. The van der Waals surface area contributed by atoms with Crippen LogP contribution in [0.5, 0.6) is 5.75 Å². The molecule has 4 aliphatic rings. The maximum Gasteiger partial charge on any atom is 0.274 e.